The van der Waals surface area contributed by atoms with Gasteiger partial charge in [-0.3, -0.25) is 4.79 Å². The minimum absolute atomic E-state index is 0.0154. The number of rotatable bonds is 7. The van der Waals surface area contributed by atoms with Gasteiger partial charge < -0.3 is 14.8 Å². The molecule has 0 bridgehead atoms. The lowest BCUT2D eigenvalue weighted by atomic mass is 10.1. The third kappa shape index (κ3) is 6.21. The van der Waals surface area contributed by atoms with E-state index in [1.165, 1.54) is 11.6 Å². The van der Waals surface area contributed by atoms with Crippen LogP contribution in [0.25, 0.3) is 6.08 Å². The van der Waals surface area contributed by atoms with Gasteiger partial charge in [0.1, 0.15) is 18.2 Å². The van der Waals surface area contributed by atoms with Crippen LogP contribution in [0.1, 0.15) is 16.7 Å². The molecule has 0 saturated heterocycles. The number of ether oxygens (including phenoxy) is 2. The minimum Gasteiger partial charge on any atom is -0.493 e. The van der Waals surface area contributed by atoms with Gasteiger partial charge in [0.05, 0.1) is 7.11 Å². The van der Waals surface area contributed by atoms with Crippen LogP contribution in [0, 0.1) is 18.3 Å². The molecule has 0 saturated carbocycles. The molecule has 1 N–H and O–H groups in total. The highest BCUT2D eigenvalue weighted by molar-refractivity contribution is 9.10. The summed E-state index contributed by atoms with van der Waals surface area (Å²) in [5.74, 6) is 0.620. The molecule has 6 heteroatoms. The van der Waals surface area contributed by atoms with Crippen molar-refractivity contribution in [1.29, 1.82) is 5.26 Å². The van der Waals surface area contributed by atoms with Gasteiger partial charge in [0.2, 0.25) is 0 Å². The number of methoxy groups -OCH3 is 1. The maximum atomic E-state index is 12.5. The van der Waals surface area contributed by atoms with Gasteiger partial charge in [0.25, 0.3) is 5.91 Å². The summed E-state index contributed by atoms with van der Waals surface area (Å²) in [4.78, 5) is 12.5. The zero-order valence-electron chi connectivity index (χ0n) is 17.2. The van der Waals surface area contributed by atoms with Gasteiger partial charge >= 0.3 is 0 Å². The zero-order valence-corrected chi connectivity index (χ0v) is 18.8. The number of nitriles is 1. The van der Waals surface area contributed by atoms with Crippen molar-refractivity contribution in [2.45, 2.75) is 13.5 Å². The fraction of sp³-hybridized carbons (Fsp3) is 0.120. The van der Waals surface area contributed by atoms with Crippen LogP contribution in [-0.4, -0.2) is 13.0 Å². The number of aryl methyl sites for hydroxylation is 1. The molecule has 3 rings (SSSR count). The summed E-state index contributed by atoms with van der Waals surface area (Å²) in [7, 11) is 1.55. The van der Waals surface area contributed by atoms with E-state index in [1.807, 2.05) is 43.3 Å². The second-order valence-electron chi connectivity index (χ2n) is 6.82. The molecule has 0 radical (unpaired) electrons. The Morgan fingerprint density at radius 3 is 2.55 bits per heavy atom. The van der Waals surface area contributed by atoms with E-state index in [4.69, 9.17) is 9.47 Å². The Balaban J connectivity index is 1.74. The molecule has 3 aromatic rings. The highest BCUT2D eigenvalue weighted by Gasteiger charge is 2.11. The first-order valence-electron chi connectivity index (χ1n) is 9.53. The average Bonchev–Trinajstić information content (AvgIpc) is 2.77. The van der Waals surface area contributed by atoms with Crippen LogP contribution in [0.5, 0.6) is 11.5 Å². The number of carbonyl (C=O) groups excluding carboxylic acids is 1. The molecule has 0 atom stereocenters. The van der Waals surface area contributed by atoms with Crippen LogP contribution in [0.2, 0.25) is 0 Å². The van der Waals surface area contributed by atoms with Crippen LogP contribution in [0.3, 0.4) is 0 Å². The van der Waals surface area contributed by atoms with E-state index in [0.717, 1.165) is 10.0 Å². The van der Waals surface area contributed by atoms with Crippen molar-refractivity contribution in [3.8, 4) is 17.6 Å². The molecule has 0 aliphatic carbocycles. The largest absolute Gasteiger partial charge is 0.493 e. The number of carbonyl (C=O) groups is 1. The van der Waals surface area contributed by atoms with Crippen LogP contribution >= 0.6 is 15.9 Å². The third-order valence-corrected chi connectivity index (χ3v) is 4.97. The lowest BCUT2D eigenvalue weighted by Crippen LogP contribution is -2.13. The Kier molecular flexibility index (Phi) is 7.47. The molecular formula is C25H21BrN2O3. The van der Waals surface area contributed by atoms with Crippen molar-refractivity contribution in [2.75, 3.05) is 12.4 Å². The Hall–Kier alpha value is -3.56. The number of halogens is 1. The molecule has 0 aliphatic heterocycles. The standard InChI is InChI=1S/C25H21BrN2O3/c1-17-4-3-5-19(12-17)16-31-23-11-6-18(14-24(23)30-2)13-20(15-27)25(29)28-22-9-7-21(26)8-10-22/h3-14H,16H2,1-2H3,(H,28,29)/b20-13-. The zero-order chi connectivity index (χ0) is 22.2. The number of benzene rings is 3. The summed E-state index contributed by atoms with van der Waals surface area (Å²) < 4.78 is 12.2. The average molecular weight is 477 g/mol. The highest BCUT2D eigenvalue weighted by Crippen LogP contribution is 2.30. The van der Waals surface area contributed by atoms with Gasteiger partial charge in [-0.15, -0.1) is 0 Å². The van der Waals surface area contributed by atoms with E-state index in [-0.39, 0.29) is 5.57 Å². The van der Waals surface area contributed by atoms with Crippen molar-refractivity contribution in [3.05, 3.63) is 93.5 Å². The molecule has 1 amide bonds. The van der Waals surface area contributed by atoms with Crippen LogP contribution < -0.4 is 14.8 Å². The SMILES string of the molecule is COc1cc(/C=C(/C#N)C(=O)Nc2ccc(Br)cc2)ccc1OCc1cccc(C)c1. The van der Waals surface area contributed by atoms with Gasteiger partial charge in [-0.1, -0.05) is 51.8 Å². The quantitative estimate of drug-likeness (QED) is 0.340. The summed E-state index contributed by atoms with van der Waals surface area (Å²) in [6.07, 6.45) is 1.51. The topological polar surface area (TPSA) is 71.3 Å². The molecule has 0 fully saturated rings. The van der Waals surface area contributed by atoms with Gasteiger partial charge in [0.15, 0.2) is 11.5 Å². The van der Waals surface area contributed by atoms with E-state index in [9.17, 15) is 10.1 Å². The molecule has 156 valence electrons. The van der Waals surface area contributed by atoms with E-state index >= 15 is 0 Å². The van der Waals surface area contributed by atoms with Crippen molar-refractivity contribution in [3.63, 3.8) is 0 Å². The summed E-state index contributed by atoms with van der Waals surface area (Å²) in [5, 5.41) is 12.2. The first kappa shape index (κ1) is 22.1. The van der Waals surface area contributed by atoms with Crippen molar-refractivity contribution in [2.24, 2.45) is 0 Å². The van der Waals surface area contributed by atoms with Crippen LogP contribution in [0.4, 0.5) is 5.69 Å². The summed E-state index contributed by atoms with van der Waals surface area (Å²) >= 11 is 3.35. The lowest BCUT2D eigenvalue weighted by Gasteiger charge is -2.12. The molecule has 0 aliphatic rings. The summed E-state index contributed by atoms with van der Waals surface area (Å²) in [6.45, 7) is 2.44. The van der Waals surface area contributed by atoms with E-state index in [0.29, 0.717) is 29.4 Å². The molecule has 0 aromatic heterocycles. The molecule has 0 unspecified atom stereocenters. The van der Waals surface area contributed by atoms with E-state index in [2.05, 4.69) is 27.3 Å². The first-order valence-corrected chi connectivity index (χ1v) is 10.3. The normalized spacial score (nSPS) is 10.8. The van der Waals surface area contributed by atoms with Gasteiger partial charge in [0, 0.05) is 10.2 Å². The Morgan fingerprint density at radius 2 is 1.87 bits per heavy atom. The van der Waals surface area contributed by atoms with Crippen molar-refractivity contribution >= 4 is 33.6 Å². The number of nitrogens with zero attached hydrogens (tertiary/aromatic N) is 1. The first-order chi connectivity index (χ1) is 15.0. The number of anilines is 1. The number of nitrogens with one attached hydrogen (secondary N) is 1. The van der Waals surface area contributed by atoms with Crippen LogP contribution in [0.15, 0.2) is 76.8 Å². The monoisotopic (exact) mass is 476 g/mol. The molecular weight excluding hydrogens is 456 g/mol. The molecule has 3 aromatic carbocycles. The van der Waals surface area contributed by atoms with Gasteiger partial charge in [-0.2, -0.15) is 5.26 Å². The molecule has 0 spiro atoms. The Morgan fingerprint density at radius 1 is 1.10 bits per heavy atom. The van der Waals surface area contributed by atoms with E-state index < -0.39 is 5.91 Å². The van der Waals surface area contributed by atoms with Gasteiger partial charge in [-0.25, -0.2) is 0 Å². The summed E-state index contributed by atoms with van der Waals surface area (Å²) in [6, 6.07) is 22.4. The van der Waals surface area contributed by atoms with Crippen molar-refractivity contribution < 1.29 is 14.3 Å². The third-order valence-electron chi connectivity index (χ3n) is 4.44. The highest BCUT2D eigenvalue weighted by atomic mass is 79.9. The number of hydrogen-bond acceptors (Lipinski definition) is 4. The number of hydrogen-bond donors (Lipinski definition) is 1. The maximum absolute atomic E-state index is 12.5. The van der Waals surface area contributed by atoms with Gasteiger partial charge in [-0.05, 0) is 60.5 Å². The summed E-state index contributed by atoms with van der Waals surface area (Å²) in [5.41, 5.74) is 3.47. The lowest BCUT2D eigenvalue weighted by molar-refractivity contribution is -0.112. The predicted octanol–water partition coefficient (Wildman–Crippen LogP) is 5.89. The Labute approximate surface area is 190 Å². The smallest absolute Gasteiger partial charge is 0.266 e. The van der Waals surface area contributed by atoms with Crippen molar-refractivity contribution in [1.82, 2.24) is 0 Å². The molecule has 5 nitrogen and oxygen atoms in total. The van der Waals surface area contributed by atoms with E-state index in [1.54, 1.807) is 37.4 Å². The second kappa shape index (κ2) is 10.5. The molecule has 0 heterocycles. The second-order valence-corrected chi connectivity index (χ2v) is 7.73. The minimum atomic E-state index is -0.483. The fourth-order valence-corrected chi connectivity index (χ4v) is 3.17. The maximum Gasteiger partial charge on any atom is 0.266 e. The van der Waals surface area contributed by atoms with Crippen LogP contribution in [-0.2, 0) is 11.4 Å². The fourth-order valence-electron chi connectivity index (χ4n) is 2.90. The Bertz CT molecular complexity index is 1150. The predicted molar refractivity (Wildman–Crippen MR) is 125 cm³/mol. The molecule has 31 heavy (non-hydrogen) atoms. The number of amides is 1.